The van der Waals surface area contributed by atoms with Crippen LogP contribution in [0.2, 0.25) is 0 Å². The van der Waals surface area contributed by atoms with Crippen molar-refractivity contribution in [1.29, 1.82) is 0 Å². The van der Waals surface area contributed by atoms with Gasteiger partial charge in [-0.25, -0.2) is 0 Å². The van der Waals surface area contributed by atoms with Gasteiger partial charge in [-0.15, -0.1) is 11.3 Å². The molecule has 0 spiro atoms. The molecule has 1 atom stereocenters. The monoisotopic (exact) mass is 373 g/mol. The van der Waals surface area contributed by atoms with Gasteiger partial charge >= 0.3 is 0 Å². The Bertz CT molecular complexity index is 848. The SMILES string of the molecule is CC[C@H](Oc1cccc(OC)c1)C(=O)NCc1nc(-c2cccs2)no1. The lowest BCUT2D eigenvalue weighted by molar-refractivity contribution is -0.128. The topological polar surface area (TPSA) is 86.5 Å². The normalized spacial score (nSPS) is 11.8. The van der Waals surface area contributed by atoms with Crippen LogP contribution < -0.4 is 14.8 Å². The second-order valence-corrected chi connectivity index (χ2v) is 6.35. The molecule has 136 valence electrons. The van der Waals surface area contributed by atoms with Crippen LogP contribution in [0, 0.1) is 0 Å². The number of benzene rings is 1. The zero-order chi connectivity index (χ0) is 18.4. The van der Waals surface area contributed by atoms with E-state index in [-0.39, 0.29) is 12.5 Å². The Morgan fingerprint density at radius 3 is 2.88 bits per heavy atom. The van der Waals surface area contributed by atoms with Crippen molar-refractivity contribution in [1.82, 2.24) is 15.5 Å². The highest BCUT2D eigenvalue weighted by Crippen LogP contribution is 2.22. The predicted octanol–water partition coefficient (Wildman–Crippen LogP) is 3.28. The summed E-state index contributed by atoms with van der Waals surface area (Å²) in [5.74, 6) is 1.86. The first kappa shape index (κ1) is 17.9. The van der Waals surface area contributed by atoms with Crippen molar-refractivity contribution in [3.05, 3.63) is 47.7 Å². The highest BCUT2D eigenvalue weighted by Gasteiger charge is 2.19. The van der Waals surface area contributed by atoms with E-state index in [0.29, 0.717) is 29.6 Å². The molecule has 8 heteroatoms. The number of ether oxygens (including phenoxy) is 2. The number of hydrogen-bond donors (Lipinski definition) is 1. The minimum absolute atomic E-state index is 0.148. The third-order valence-corrected chi connectivity index (χ3v) is 4.47. The summed E-state index contributed by atoms with van der Waals surface area (Å²) in [5.41, 5.74) is 0. The lowest BCUT2D eigenvalue weighted by Crippen LogP contribution is -2.37. The molecule has 3 aromatic rings. The van der Waals surface area contributed by atoms with Crippen LogP contribution >= 0.6 is 11.3 Å². The molecule has 0 bridgehead atoms. The maximum Gasteiger partial charge on any atom is 0.261 e. The zero-order valence-electron chi connectivity index (χ0n) is 14.5. The van der Waals surface area contributed by atoms with Crippen LogP contribution in [0.25, 0.3) is 10.7 Å². The lowest BCUT2D eigenvalue weighted by Gasteiger charge is -2.17. The van der Waals surface area contributed by atoms with Crippen molar-refractivity contribution < 1.29 is 18.8 Å². The number of methoxy groups -OCH3 is 1. The van der Waals surface area contributed by atoms with Crippen molar-refractivity contribution in [2.75, 3.05) is 7.11 Å². The number of hydrogen-bond acceptors (Lipinski definition) is 7. The van der Waals surface area contributed by atoms with Gasteiger partial charge in [0.05, 0.1) is 18.5 Å². The number of nitrogens with one attached hydrogen (secondary N) is 1. The molecule has 1 amide bonds. The standard InChI is InChI=1S/C18H19N3O4S/c1-3-14(24-13-7-4-6-12(10-13)23-2)18(22)19-11-16-20-17(21-25-16)15-8-5-9-26-15/h4-10,14H,3,11H2,1-2H3,(H,19,22)/t14-/m0/s1. The summed E-state index contributed by atoms with van der Waals surface area (Å²) in [7, 11) is 1.58. The van der Waals surface area contributed by atoms with E-state index in [9.17, 15) is 4.79 Å². The summed E-state index contributed by atoms with van der Waals surface area (Å²) in [6, 6.07) is 11.0. The second kappa shape index (κ2) is 8.48. The molecule has 1 aromatic carbocycles. The Morgan fingerprint density at radius 2 is 2.15 bits per heavy atom. The first-order chi connectivity index (χ1) is 12.7. The van der Waals surface area contributed by atoms with Crippen LogP contribution in [-0.4, -0.2) is 29.3 Å². The van der Waals surface area contributed by atoms with E-state index in [4.69, 9.17) is 14.0 Å². The second-order valence-electron chi connectivity index (χ2n) is 5.40. The molecule has 0 saturated carbocycles. The van der Waals surface area contributed by atoms with Crippen LogP contribution in [0.1, 0.15) is 19.2 Å². The maximum atomic E-state index is 12.4. The van der Waals surface area contributed by atoms with E-state index < -0.39 is 6.10 Å². The van der Waals surface area contributed by atoms with Crippen LogP contribution in [0.15, 0.2) is 46.3 Å². The fourth-order valence-electron chi connectivity index (χ4n) is 2.27. The third kappa shape index (κ3) is 4.40. The first-order valence-electron chi connectivity index (χ1n) is 8.14. The van der Waals surface area contributed by atoms with E-state index in [0.717, 1.165) is 4.88 Å². The van der Waals surface area contributed by atoms with Crippen molar-refractivity contribution in [2.24, 2.45) is 0 Å². The van der Waals surface area contributed by atoms with Gasteiger partial charge in [0.1, 0.15) is 11.5 Å². The molecule has 0 aliphatic carbocycles. The Balaban J connectivity index is 1.57. The molecule has 0 fully saturated rings. The Hall–Kier alpha value is -2.87. The van der Waals surface area contributed by atoms with Crippen molar-refractivity contribution in [2.45, 2.75) is 26.0 Å². The summed E-state index contributed by atoms with van der Waals surface area (Å²) in [6.07, 6.45) is -0.102. The third-order valence-electron chi connectivity index (χ3n) is 3.61. The average Bonchev–Trinajstić information content (AvgIpc) is 3.35. The van der Waals surface area contributed by atoms with Gasteiger partial charge in [-0.2, -0.15) is 4.98 Å². The molecule has 7 nitrogen and oxygen atoms in total. The van der Waals surface area contributed by atoms with Gasteiger partial charge < -0.3 is 19.3 Å². The minimum atomic E-state index is -0.623. The van der Waals surface area contributed by atoms with Gasteiger partial charge in [0.25, 0.3) is 5.91 Å². The highest BCUT2D eigenvalue weighted by molar-refractivity contribution is 7.13. The van der Waals surface area contributed by atoms with Gasteiger partial charge in [-0.3, -0.25) is 4.79 Å². The number of thiophene rings is 1. The molecule has 2 heterocycles. The predicted molar refractivity (Wildman–Crippen MR) is 97.2 cm³/mol. The molecule has 0 saturated heterocycles. The van der Waals surface area contributed by atoms with Crippen molar-refractivity contribution in [3.63, 3.8) is 0 Å². The molecule has 0 aliphatic rings. The van der Waals surface area contributed by atoms with Crippen molar-refractivity contribution >= 4 is 17.2 Å². The fourth-order valence-corrected chi connectivity index (χ4v) is 2.92. The van der Waals surface area contributed by atoms with Crippen LogP contribution in [0.3, 0.4) is 0 Å². The molecule has 0 radical (unpaired) electrons. The molecule has 3 rings (SSSR count). The molecule has 1 N–H and O–H groups in total. The molecule has 0 unspecified atom stereocenters. The number of aromatic nitrogens is 2. The van der Waals surface area contributed by atoms with E-state index in [2.05, 4.69) is 15.5 Å². The van der Waals surface area contributed by atoms with Gasteiger partial charge in [0, 0.05) is 6.07 Å². The first-order valence-corrected chi connectivity index (χ1v) is 9.02. The Kier molecular flexibility index (Phi) is 5.85. The van der Waals surface area contributed by atoms with Gasteiger partial charge in [-0.05, 0) is 30.0 Å². The number of rotatable bonds is 8. The van der Waals surface area contributed by atoms with Gasteiger partial charge in [-0.1, -0.05) is 24.2 Å². The molecular formula is C18H19N3O4S. The van der Waals surface area contributed by atoms with Gasteiger partial charge in [0.15, 0.2) is 6.10 Å². The fraction of sp³-hybridized carbons (Fsp3) is 0.278. The number of amides is 1. The largest absolute Gasteiger partial charge is 0.497 e. The summed E-state index contributed by atoms with van der Waals surface area (Å²) in [4.78, 5) is 17.6. The van der Waals surface area contributed by atoms with Crippen LogP contribution in [0.4, 0.5) is 0 Å². The maximum absolute atomic E-state index is 12.4. The minimum Gasteiger partial charge on any atom is -0.497 e. The molecular weight excluding hydrogens is 354 g/mol. The van der Waals surface area contributed by atoms with Gasteiger partial charge in [0.2, 0.25) is 11.7 Å². The summed E-state index contributed by atoms with van der Waals surface area (Å²) in [6.45, 7) is 2.03. The van der Waals surface area contributed by atoms with E-state index >= 15 is 0 Å². The number of nitrogens with zero attached hydrogens (tertiary/aromatic N) is 2. The molecule has 26 heavy (non-hydrogen) atoms. The Labute approximate surface area is 154 Å². The molecule has 0 aliphatic heterocycles. The van der Waals surface area contributed by atoms with Crippen molar-refractivity contribution in [3.8, 4) is 22.2 Å². The summed E-state index contributed by atoms with van der Waals surface area (Å²) >= 11 is 1.52. The quantitative estimate of drug-likeness (QED) is 0.652. The highest BCUT2D eigenvalue weighted by atomic mass is 32.1. The Morgan fingerprint density at radius 1 is 1.31 bits per heavy atom. The summed E-state index contributed by atoms with van der Waals surface area (Å²) in [5, 5.41) is 8.63. The molecule has 2 aromatic heterocycles. The average molecular weight is 373 g/mol. The van der Waals surface area contributed by atoms with Crippen LogP contribution in [0.5, 0.6) is 11.5 Å². The zero-order valence-corrected chi connectivity index (χ0v) is 15.3. The summed E-state index contributed by atoms with van der Waals surface area (Å²) < 4.78 is 16.1. The van der Waals surface area contributed by atoms with E-state index in [1.54, 1.807) is 19.2 Å². The van der Waals surface area contributed by atoms with Crippen LogP contribution in [-0.2, 0) is 11.3 Å². The number of carbonyl (C=O) groups is 1. The lowest BCUT2D eigenvalue weighted by atomic mass is 10.2. The van der Waals surface area contributed by atoms with E-state index in [1.165, 1.54) is 11.3 Å². The smallest absolute Gasteiger partial charge is 0.261 e. The number of carbonyl (C=O) groups excluding carboxylic acids is 1. The van der Waals surface area contributed by atoms with E-state index in [1.807, 2.05) is 36.6 Å².